The lowest BCUT2D eigenvalue weighted by atomic mass is 10.2. The smallest absolute Gasteiger partial charge is 0.389 e. The van der Waals surface area contributed by atoms with Crippen molar-refractivity contribution in [2.75, 3.05) is 13.1 Å². The van der Waals surface area contributed by atoms with Crippen LogP contribution < -0.4 is 5.73 Å². The first-order valence-electron chi connectivity index (χ1n) is 4.81. The van der Waals surface area contributed by atoms with Gasteiger partial charge in [-0.15, -0.1) is 0 Å². The molecule has 0 radical (unpaired) electrons. The summed E-state index contributed by atoms with van der Waals surface area (Å²) >= 11 is 4.73. The third-order valence-corrected chi connectivity index (χ3v) is 2.12. The Bertz CT molecular complexity index is 204. The number of rotatable bonds is 6. The van der Waals surface area contributed by atoms with Crippen molar-refractivity contribution in [1.29, 1.82) is 0 Å². The fourth-order valence-electron chi connectivity index (χ4n) is 1.20. The summed E-state index contributed by atoms with van der Waals surface area (Å²) in [7, 11) is 0. The predicted octanol–water partition coefficient (Wildman–Crippen LogP) is 2.33. The molecule has 0 aromatic rings. The molecule has 0 saturated carbocycles. The number of hydrogen-bond donors (Lipinski definition) is 1. The van der Waals surface area contributed by atoms with Crippen LogP contribution in [0.3, 0.4) is 0 Å². The Morgan fingerprint density at radius 2 is 1.93 bits per heavy atom. The first-order chi connectivity index (χ1) is 6.72. The van der Waals surface area contributed by atoms with E-state index in [2.05, 4.69) is 0 Å². The lowest BCUT2D eigenvalue weighted by Gasteiger charge is -2.25. The van der Waals surface area contributed by atoms with Gasteiger partial charge in [-0.3, -0.25) is 4.90 Å². The molecule has 0 saturated heterocycles. The van der Waals surface area contributed by atoms with Crippen LogP contribution in [0.4, 0.5) is 13.2 Å². The van der Waals surface area contributed by atoms with Crippen LogP contribution in [-0.2, 0) is 0 Å². The maximum absolute atomic E-state index is 11.9. The second-order valence-corrected chi connectivity index (χ2v) is 4.27. The van der Waals surface area contributed by atoms with Gasteiger partial charge in [-0.05, 0) is 26.8 Å². The van der Waals surface area contributed by atoms with Gasteiger partial charge in [-0.25, -0.2) is 0 Å². The van der Waals surface area contributed by atoms with Gasteiger partial charge in [0.1, 0.15) is 0 Å². The van der Waals surface area contributed by atoms with Crippen LogP contribution in [0.1, 0.15) is 26.7 Å². The first kappa shape index (κ1) is 14.6. The molecular weight excluding hydrogens is 225 g/mol. The van der Waals surface area contributed by atoms with Gasteiger partial charge in [0.05, 0.1) is 4.99 Å². The van der Waals surface area contributed by atoms with E-state index in [1.54, 1.807) is 0 Å². The SMILES string of the molecule is CC(C)N(CCCC(F)(F)F)CC(N)=S. The second-order valence-electron chi connectivity index (χ2n) is 3.75. The van der Waals surface area contributed by atoms with Crippen molar-refractivity contribution >= 4 is 17.2 Å². The minimum atomic E-state index is -4.08. The summed E-state index contributed by atoms with van der Waals surface area (Å²) < 4.78 is 35.7. The number of nitrogens with zero attached hydrogens (tertiary/aromatic N) is 1. The Labute approximate surface area is 93.6 Å². The number of thiocarbonyl (C=S) groups is 1. The summed E-state index contributed by atoms with van der Waals surface area (Å²) in [6.45, 7) is 4.57. The minimum absolute atomic E-state index is 0.0876. The number of alkyl halides is 3. The van der Waals surface area contributed by atoms with Crippen molar-refractivity contribution in [3.63, 3.8) is 0 Å². The van der Waals surface area contributed by atoms with Crippen molar-refractivity contribution in [2.45, 2.75) is 38.9 Å². The second kappa shape index (κ2) is 6.27. The zero-order valence-corrected chi connectivity index (χ0v) is 9.79. The highest BCUT2D eigenvalue weighted by Crippen LogP contribution is 2.21. The number of hydrogen-bond acceptors (Lipinski definition) is 2. The summed E-state index contributed by atoms with van der Waals surface area (Å²) in [4.78, 5) is 2.16. The highest BCUT2D eigenvalue weighted by atomic mass is 32.1. The summed E-state index contributed by atoms with van der Waals surface area (Å²) in [6, 6.07) is 0.153. The van der Waals surface area contributed by atoms with E-state index in [1.165, 1.54) is 0 Å². The molecule has 0 rings (SSSR count). The van der Waals surface area contributed by atoms with E-state index in [4.69, 9.17) is 18.0 Å². The molecular formula is C9H17F3N2S. The molecule has 0 aliphatic heterocycles. The van der Waals surface area contributed by atoms with Crippen LogP contribution in [-0.4, -0.2) is 35.2 Å². The van der Waals surface area contributed by atoms with Crippen molar-refractivity contribution in [2.24, 2.45) is 5.73 Å². The van der Waals surface area contributed by atoms with Crippen LogP contribution >= 0.6 is 12.2 Å². The van der Waals surface area contributed by atoms with Gasteiger partial charge in [0, 0.05) is 19.0 Å². The lowest BCUT2D eigenvalue weighted by molar-refractivity contribution is -0.136. The monoisotopic (exact) mass is 242 g/mol. The highest BCUT2D eigenvalue weighted by Gasteiger charge is 2.26. The number of nitrogens with two attached hydrogens (primary N) is 1. The molecule has 0 unspecified atom stereocenters. The molecule has 0 aliphatic rings. The Morgan fingerprint density at radius 1 is 1.40 bits per heavy atom. The quantitative estimate of drug-likeness (QED) is 0.725. The minimum Gasteiger partial charge on any atom is -0.392 e. The van der Waals surface area contributed by atoms with Crippen molar-refractivity contribution in [3.05, 3.63) is 0 Å². The van der Waals surface area contributed by atoms with Crippen LogP contribution in [0, 0.1) is 0 Å². The summed E-state index contributed by atoms with van der Waals surface area (Å²) in [5.41, 5.74) is 5.36. The average molecular weight is 242 g/mol. The fraction of sp³-hybridized carbons (Fsp3) is 0.889. The summed E-state index contributed by atoms with van der Waals surface area (Å²) in [6.07, 6.45) is -4.75. The summed E-state index contributed by atoms with van der Waals surface area (Å²) in [5, 5.41) is 0. The molecule has 0 amide bonds. The maximum Gasteiger partial charge on any atom is 0.389 e. The van der Waals surface area contributed by atoms with E-state index >= 15 is 0 Å². The van der Waals surface area contributed by atoms with Gasteiger partial charge in [0.25, 0.3) is 0 Å². The van der Waals surface area contributed by atoms with Crippen LogP contribution in [0.15, 0.2) is 0 Å². The normalized spacial score (nSPS) is 12.5. The Hall–Kier alpha value is -0.360. The average Bonchev–Trinajstić information content (AvgIpc) is 1.99. The molecule has 0 aromatic carbocycles. The Kier molecular flexibility index (Phi) is 6.12. The van der Waals surface area contributed by atoms with E-state index in [1.807, 2.05) is 18.7 Å². The molecule has 0 heterocycles. The van der Waals surface area contributed by atoms with E-state index in [0.29, 0.717) is 18.1 Å². The van der Waals surface area contributed by atoms with E-state index < -0.39 is 12.6 Å². The first-order valence-corrected chi connectivity index (χ1v) is 5.22. The molecule has 15 heavy (non-hydrogen) atoms. The van der Waals surface area contributed by atoms with E-state index in [-0.39, 0.29) is 12.5 Å². The van der Waals surface area contributed by atoms with Crippen molar-refractivity contribution in [1.82, 2.24) is 4.90 Å². The topological polar surface area (TPSA) is 29.3 Å². The molecule has 2 N–H and O–H groups in total. The van der Waals surface area contributed by atoms with Gasteiger partial charge >= 0.3 is 6.18 Å². The number of halogens is 3. The zero-order valence-electron chi connectivity index (χ0n) is 8.97. The van der Waals surface area contributed by atoms with Crippen LogP contribution in [0.5, 0.6) is 0 Å². The third kappa shape index (κ3) is 8.62. The zero-order chi connectivity index (χ0) is 12.1. The van der Waals surface area contributed by atoms with Gasteiger partial charge in [-0.1, -0.05) is 12.2 Å². The standard InChI is InChI=1S/C9H17F3N2S/c1-7(2)14(6-8(13)15)5-3-4-9(10,11)12/h7H,3-6H2,1-2H3,(H2,13,15). The Balaban J connectivity index is 3.92. The molecule has 0 aliphatic carbocycles. The third-order valence-electron chi connectivity index (χ3n) is 1.99. The molecule has 0 bridgehead atoms. The van der Waals surface area contributed by atoms with E-state index in [9.17, 15) is 13.2 Å². The van der Waals surface area contributed by atoms with Crippen molar-refractivity contribution in [3.8, 4) is 0 Å². The highest BCUT2D eigenvalue weighted by molar-refractivity contribution is 7.80. The van der Waals surface area contributed by atoms with Gasteiger partial charge in [0.2, 0.25) is 0 Å². The molecule has 0 aromatic heterocycles. The Morgan fingerprint density at radius 3 is 2.27 bits per heavy atom. The van der Waals surface area contributed by atoms with Gasteiger partial charge < -0.3 is 5.73 Å². The molecule has 6 heteroatoms. The molecule has 2 nitrogen and oxygen atoms in total. The fourth-order valence-corrected chi connectivity index (χ4v) is 1.37. The molecule has 90 valence electrons. The van der Waals surface area contributed by atoms with Gasteiger partial charge in [-0.2, -0.15) is 13.2 Å². The van der Waals surface area contributed by atoms with Gasteiger partial charge in [0.15, 0.2) is 0 Å². The lowest BCUT2D eigenvalue weighted by Crippen LogP contribution is -2.38. The maximum atomic E-state index is 11.9. The van der Waals surface area contributed by atoms with Crippen LogP contribution in [0.25, 0.3) is 0 Å². The predicted molar refractivity (Wildman–Crippen MR) is 58.8 cm³/mol. The molecule has 0 spiro atoms. The summed E-state index contributed by atoms with van der Waals surface area (Å²) in [5.74, 6) is 0. The van der Waals surface area contributed by atoms with Crippen molar-refractivity contribution < 1.29 is 13.2 Å². The molecule has 0 atom stereocenters. The largest absolute Gasteiger partial charge is 0.392 e. The van der Waals surface area contributed by atoms with E-state index in [0.717, 1.165) is 0 Å². The van der Waals surface area contributed by atoms with Crippen LogP contribution in [0.2, 0.25) is 0 Å². The molecule has 0 fully saturated rings.